The van der Waals surface area contributed by atoms with E-state index in [1.165, 1.54) is 11.1 Å². The van der Waals surface area contributed by atoms with Gasteiger partial charge in [0.2, 0.25) is 0 Å². The molecule has 0 aliphatic carbocycles. The SMILES string of the molecule is Cc1cc(C)cc(Nc2ccncc2N)c1. The molecule has 3 N–H and O–H groups in total. The maximum Gasteiger partial charge on any atom is 0.0739 e. The van der Waals surface area contributed by atoms with Gasteiger partial charge in [0.15, 0.2) is 0 Å². The number of rotatable bonds is 2. The highest BCUT2D eigenvalue weighted by atomic mass is 14.9. The molecule has 0 aliphatic heterocycles. The van der Waals surface area contributed by atoms with Gasteiger partial charge in [0.05, 0.1) is 17.6 Å². The van der Waals surface area contributed by atoms with E-state index in [4.69, 9.17) is 5.73 Å². The Morgan fingerprint density at radius 1 is 1.12 bits per heavy atom. The van der Waals surface area contributed by atoms with Crippen LogP contribution in [0.25, 0.3) is 0 Å². The van der Waals surface area contributed by atoms with Crippen LogP contribution in [0.4, 0.5) is 17.1 Å². The van der Waals surface area contributed by atoms with E-state index in [9.17, 15) is 0 Å². The van der Waals surface area contributed by atoms with E-state index in [0.717, 1.165) is 11.4 Å². The van der Waals surface area contributed by atoms with E-state index in [-0.39, 0.29) is 0 Å². The number of benzene rings is 1. The number of nitrogens with one attached hydrogen (secondary N) is 1. The van der Waals surface area contributed by atoms with E-state index in [1.54, 1.807) is 12.4 Å². The quantitative estimate of drug-likeness (QED) is 0.806. The smallest absolute Gasteiger partial charge is 0.0739 e. The summed E-state index contributed by atoms with van der Waals surface area (Å²) >= 11 is 0. The second-order valence-electron chi connectivity index (χ2n) is 3.96. The van der Waals surface area contributed by atoms with Crippen LogP contribution in [0.1, 0.15) is 11.1 Å². The van der Waals surface area contributed by atoms with Crippen LogP contribution < -0.4 is 11.1 Å². The minimum absolute atomic E-state index is 0.654. The number of pyridine rings is 1. The molecule has 16 heavy (non-hydrogen) atoms. The lowest BCUT2D eigenvalue weighted by atomic mass is 10.1. The number of hydrogen-bond acceptors (Lipinski definition) is 3. The summed E-state index contributed by atoms with van der Waals surface area (Å²) in [5.41, 5.74) is 10.9. The van der Waals surface area contributed by atoms with E-state index in [2.05, 4.69) is 42.3 Å². The largest absolute Gasteiger partial charge is 0.396 e. The lowest BCUT2D eigenvalue weighted by Crippen LogP contribution is -1.97. The van der Waals surface area contributed by atoms with Gasteiger partial charge in [-0.1, -0.05) is 6.07 Å². The van der Waals surface area contributed by atoms with Gasteiger partial charge in [-0.25, -0.2) is 0 Å². The monoisotopic (exact) mass is 213 g/mol. The summed E-state index contributed by atoms with van der Waals surface area (Å²) < 4.78 is 0. The van der Waals surface area contributed by atoms with Crippen molar-refractivity contribution >= 4 is 17.1 Å². The van der Waals surface area contributed by atoms with Crippen molar-refractivity contribution in [1.82, 2.24) is 4.98 Å². The van der Waals surface area contributed by atoms with Crippen LogP contribution >= 0.6 is 0 Å². The van der Waals surface area contributed by atoms with Crippen molar-refractivity contribution < 1.29 is 0 Å². The summed E-state index contributed by atoms with van der Waals surface area (Å²) in [6.07, 6.45) is 3.37. The van der Waals surface area contributed by atoms with E-state index < -0.39 is 0 Å². The number of aromatic nitrogens is 1. The van der Waals surface area contributed by atoms with E-state index >= 15 is 0 Å². The van der Waals surface area contributed by atoms with Crippen molar-refractivity contribution in [3.8, 4) is 0 Å². The second kappa shape index (κ2) is 4.23. The van der Waals surface area contributed by atoms with Gasteiger partial charge < -0.3 is 11.1 Å². The molecule has 0 radical (unpaired) electrons. The molecule has 0 unspecified atom stereocenters. The van der Waals surface area contributed by atoms with Crippen LogP contribution in [-0.4, -0.2) is 4.98 Å². The van der Waals surface area contributed by atoms with Gasteiger partial charge in [0, 0.05) is 11.9 Å². The number of nitrogens with two attached hydrogens (primary N) is 1. The first-order valence-corrected chi connectivity index (χ1v) is 5.20. The second-order valence-corrected chi connectivity index (χ2v) is 3.96. The fourth-order valence-electron chi connectivity index (χ4n) is 1.72. The van der Waals surface area contributed by atoms with Gasteiger partial charge >= 0.3 is 0 Å². The lowest BCUT2D eigenvalue weighted by Gasteiger charge is -2.10. The fourth-order valence-corrected chi connectivity index (χ4v) is 1.72. The minimum Gasteiger partial charge on any atom is -0.396 e. The zero-order chi connectivity index (χ0) is 11.5. The summed E-state index contributed by atoms with van der Waals surface area (Å²) in [6.45, 7) is 4.15. The van der Waals surface area contributed by atoms with Crippen molar-refractivity contribution in [3.63, 3.8) is 0 Å². The maximum absolute atomic E-state index is 5.82. The molecule has 0 amide bonds. The van der Waals surface area contributed by atoms with Crippen LogP contribution in [0, 0.1) is 13.8 Å². The standard InChI is InChI=1S/C13H15N3/c1-9-5-10(2)7-11(6-9)16-13-3-4-15-8-12(13)14/h3-8H,14H2,1-2H3,(H,15,16). The highest BCUT2D eigenvalue weighted by molar-refractivity contribution is 5.71. The van der Waals surface area contributed by atoms with Crippen molar-refractivity contribution in [2.24, 2.45) is 0 Å². The summed E-state index contributed by atoms with van der Waals surface area (Å²) in [5, 5.41) is 3.29. The first-order chi connectivity index (χ1) is 7.65. The predicted octanol–water partition coefficient (Wildman–Crippen LogP) is 3.02. The van der Waals surface area contributed by atoms with Gasteiger partial charge in [-0.3, -0.25) is 4.98 Å². The molecule has 0 bridgehead atoms. The maximum atomic E-state index is 5.82. The molecule has 0 saturated carbocycles. The first kappa shape index (κ1) is 10.5. The Hall–Kier alpha value is -2.03. The van der Waals surface area contributed by atoms with Gasteiger partial charge in [-0.05, 0) is 43.2 Å². The highest BCUT2D eigenvalue weighted by Crippen LogP contribution is 2.23. The summed E-state index contributed by atoms with van der Waals surface area (Å²) in [5.74, 6) is 0. The molecule has 1 aromatic heterocycles. The third kappa shape index (κ3) is 2.31. The Kier molecular flexibility index (Phi) is 2.77. The highest BCUT2D eigenvalue weighted by Gasteiger charge is 2.00. The molecule has 0 fully saturated rings. The van der Waals surface area contributed by atoms with Gasteiger partial charge in [-0.15, -0.1) is 0 Å². The Morgan fingerprint density at radius 3 is 2.44 bits per heavy atom. The molecule has 3 heteroatoms. The normalized spacial score (nSPS) is 10.1. The van der Waals surface area contributed by atoms with Crippen LogP contribution in [0.5, 0.6) is 0 Å². The van der Waals surface area contributed by atoms with Crippen molar-refractivity contribution in [2.75, 3.05) is 11.1 Å². The van der Waals surface area contributed by atoms with E-state index in [1.807, 2.05) is 6.07 Å². The minimum atomic E-state index is 0.654. The van der Waals surface area contributed by atoms with Crippen molar-refractivity contribution in [1.29, 1.82) is 0 Å². The Labute approximate surface area is 95.3 Å². The molecule has 3 nitrogen and oxygen atoms in total. The van der Waals surface area contributed by atoms with Crippen LogP contribution in [0.3, 0.4) is 0 Å². The van der Waals surface area contributed by atoms with Crippen molar-refractivity contribution in [3.05, 3.63) is 47.8 Å². The van der Waals surface area contributed by atoms with Crippen LogP contribution in [-0.2, 0) is 0 Å². The average molecular weight is 213 g/mol. The van der Waals surface area contributed by atoms with Crippen LogP contribution in [0.2, 0.25) is 0 Å². The number of aryl methyl sites for hydroxylation is 2. The number of hydrogen-bond donors (Lipinski definition) is 2. The molecule has 0 atom stereocenters. The van der Waals surface area contributed by atoms with Crippen molar-refractivity contribution in [2.45, 2.75) is 13.8 Å². The molecule has 0 aliphatic rings. The fraction of sp³-hybridized carbons (Fsp3) is 0.154. The number of nitrogen functional groups attached to an aromatic ring is 1. The Morgan fingerprint density at radius 2 is 1.81 bits per heavy atom. The molecular formula is C13H15N3. The zero-order valence-corrected chi connectivity index (χ0v) is 9.49. The molecular weight excluding hydrogens is 198 g/mol. The number of nitrogens with zero attached hydrogens (tertiary/aromatic N) is 1. The average Bonchev–Trinajstić information content (AvgIpc) is 2.20. The third-order valence-electron chi connectivity index (χ3n) is 2.35. The van der Waals surface area contributed by atoms with Gasteiger partial charge in [0.1, 0.15) is 0 Å². The molecule has 1 aromatic carbocycles. The molecule has 2 rings (SSSR count). The summed E-state index contributed by atoms with van der Waals surface area (Å²) in [7, 11) is 0. The predicted molar refractivity (Wildman–Crippen MR) is 67.8 cm³/mol. The molecule has 0 spiro atoms. The Balaban J connectivity index is 2.30. The molecule has 1 heterocycles. The summed E-state index contributed by atoms with van der Waals surface area (Å²) in [6, 6.07) is 8.19. The lowest BCUT2D eigenvalue weighted by molar-refractivity contribution is 1.32. The molecule has 82 valence electrons. The first-order valence-electron chi connectivity index (χ1n) is 5.20. The third-order valence-corrected chi connectivity index (χ3v) is 2.35. The zero-order valence-electron chi connectivity index (χ0n) is 9.49. The molecule has 0 saturated heterocycles. The van der Waals surface area contributed by atoms with Crippen LogP contribution in [0.15, 0.2) is 36.7 Å². The molecule has 2 aromatic rings. The topological polar surface area (TPSA) is 50.9 Å². The van der Waals surface area contributed by atoms with Gasteiger partial charge in [0.25, 0.3) is 0 Å². The van der Waals surface area contributed by atoms with Gasteiger partial charge in [-0.2, -0.15) is 0 Å². The van der Waals surface area contributed by atoms with E-state index in [0.29, 0.717) is 5.69 Å². The Bertz CT molecular complexity index is 486. The summed E-state index contributed by atoms with van der Waals surface area (Å²) in [4.78, 5) is 3.96. The number of anilines is 3.